The normalized spacial score (nSPS) is 12.4. The zero-order chi connectivity index (χ0) is 20.1. The van der Waals surface area contributed by atoms with Crippen LogP contribution in [0.15, 0.2) is 46.3 Å². The van der Waals surface area contributed by atoms with Crippen LogP contribution in [-0.2, 0) is 5.41 Å². The molecule has 0 aliphatic rings. The molecule has 4 rings (SSSR count). The highest BCUT2D eigenvalue weighted by Crippen LogP contribution is 2.25. The van der Waals surface area contributed by atoms with Crippen molar-refractivity contribution in [3.05, 3.63) is 62.8 Å². The van der Waals surface area contributed by atoms with Gasteiger partial charge in [-0.1, -0.05) is 51.1 Å². The predicted octanol–water partition coefficient (Wildman–Crippen LogP) is 2.99. The number of hydrogen-bond donors (Lipinski definition) is 2. The van der Waals surface area contributed by atoms with Crippen LogP contribution < -0.4 is 5.56 Å². The number of aromatic hydroxyl groups is 1. The van der Waals surface area contributed by atoms with Crippen LogP contribution in [0.25, 0.3) is 16.6 Å². The molecule has 0 bridgehead atoms. The molecule has 0 amide bonds. The Labute approximate surface area is 164 Å². The van der Waals surface area contributed by atoms with Gasteiger partial charge >= 0.3 is 0 Å². The van der Waals surface area contributed by atoms with Gasteiger partial charge in [0.15, 0.2) is 0 Å². The van der Waals surface area contributed by atoms with Crippen molar-refractivity contribution in [3.63, 3.8) is 0 Å². The molecule has 28 heavy (non-hydrogen) atoms. The molecule has 0 spiro atoms. The lowest BCUT2D eigenvalue weighted by atomic mass is 9.93. The van der Waals surface area contributed by atoms with Crippen molar-refractivity contribution in [1.82, 2.24) is 24.5 Å². The van der Waals surface area contributed by atoms with E-state index in [0.29, 0.717) is 11.3 Å². The Balaban J connectivity index is 1.99. The van der Waals surface area contributed by atoms with Gasteiger partial charge < -0.3 is 5.11 Å². The average molecular weight is 394 g/mol. The van der Waals surface area contributed by atoms with Gasteiger partial charge in [0.1, 0.15) is 11.4 Å². The van der Waals surface area contributed by atoms with E-state index >= 15 is 0 Å². The molecule has 4 aromatic rings. The molecule has 2 N–H and O–H groups in total. The van der Waals surface area contributed by atoms with E-state index in [4.69, 9.17) is 12.2 Å². The lowest BCUT2D eigenvalue weighted by molar-refractivity contribution is 0.475. The lowest BCUT2D eigenvalue weighted by Crippen LogP contribution is -2.33. The molecule has 9 heteroatoms. The second kappa shape index (κ2) is 6.38. The third-order valence-corrected chi connectivity index (χ3v) is 4.64. The molecule has 2 heterocycles. The number of rotatable bonds is 2. The highest BCUT2D eigenvalue weighted by molar-refractivity contribution is 7.71. The molecule has 2 aromatic carbocycles. The fourth-order valence-corrected chi connectivity index (χ4v) is 3.12. The number of aromatic amines is 1. The molecular formula is C19H18N6O2S. The monoisotopic (exact) mass is 394 g/mol. The van der Waals surface area contributed by atoms with Crippen molar-refractivity contribution in [2.75, 3.05) is 0 Å². The van der Waals surface area contributed by atoms with Crippen molar-refractivity contribution in [3.8, 4) is 5.75 Å². The van der Waals surface area contributed by atoms with E-state index in [1.165, 1.54) is 10.7 Å². The third-order valence-electron chi connectivity index (χ3n) is 4.38. The first-order chi connectivity index (χ1) is 13.3. The van der Waals surface area contributed by atoms with E-state index in [1.54, 1.807) is 6.07 Å². The number of phenolic OH excluding ortho intramolecular Hbond substituents is 1. The minimum Gasteiger partial charge on any atom is -0.507 e. The number of fused-ring (bicyclic) bond motifs is 2. The second-order valence-electron chi connectivity index (χ2n) is 7.42. The van der Waals surface area contributed by atoms with E-state index in [1.807, 2.05) is 51.1 Å². The third kappa shape index (κ3) is 2.89. The van der Waals surface area contributed by atoms with Crippen LogP contribution in [-0.4, -0.2) is 35.8 Å². The molecule has 0 saturated carbocycles. The summed E-state index contributed by atoms with van der Waals surface area (Å²) in [6.45, 7) is 5.66. The molecule has 142 valence electrons. The first-order valence-electron chi connectivity index (χ1n) is 8.63. The molecule has 2 aromatic heterocycles. The fraction of sp³-hybridized carbons (Fsp3) is 0.211. The number of hydrogen-bond acceptors (Lipinski definition) is 6. The topological polar surface area (TPSA) is 101 Å². The Morgan fingerprint density at radius 3 is 2.71 bits per heavy atom. The maximum absolute atomic E-state index is 13.0. The van der Waals surface area contributed by atoms with Crippen molar-refractivity contribution in [2.24, 2.45) is 5.10 Å². The standard InChI is InChI=1S/C19H18N6O2S/c1-19(2,3)15-16(27)24(17-21-22-18(28)25(17)23-15)20-10-13-12-7-5-4-6-11(12)8-9-14(13)26/h4-10,26H,1-3H3,(H,22,28)/b20-10-. The average Bonchev–Trinajstić information content (AvgIpc) is 3.01. The molecule has 0 radical (unpaired) electrons. The van der Waals surface area contributed by atoms with Crippen LogP contribution in [0, 0.1) is 4.77 Å². The van der Waals surface area contributed by atoms with Crippen LogP contribution in [0.5, 0.6) is 5.75 Å². The maximum Gasteiger partial charge on any atom is 0.298 e. The lowest BCUT2D eigenvalue weighted by Gasteiger charge is -2.17. The van der Waals surface area contributed by atoms with Gasteiger partial charge in [-0.05, 0) is 29.1 Å². The van der Waals surface area contributed by atoms with Gasteiger partial charge in [0, 0.05) is 11.0 Å². The molecule has 0 fully saturated rings. The van der Waals surface area contributed by atoms with Gasteiger partial charge in [-0.25, -0.2) is 5.10 Å². The fourth-order valence-electron chi connectivity index (χ4n) is 2.95. The predicted molar refractivity (Wildman–Crippen MR) is 110 cm³/mol. The molecular weight excluding hydrogens is 376 g/mol. The molecule has 0 aliphatic heterocycles. The largest absolute Gasteiger partial charge is 0.507 e. The minimum absolute atomic E-state index is 0.0653. The highest BCUT2D eigenvalue weighted by atomic mass is 32.1. The highest BCUT2D eigenvalue weighted by Gasteiger charge is 2.24. The SMILES string of the molecule is CC(C)(C)c1nn2c(=S)[nH]nc2n(/N=C\c2c(O)ccc3ccccc23)c1=O. The van der Waals surface area contributed by atoms with Gasteiger partial charge in [0.05, 0.1) is 6.21 Å². The molecule has 0 atom stereocenters. The summed E-state index contributed by atoms with van der Waals surface area (Å²) in [6, 6.07) is 11.0. The quantitative estimate of drug-likeness (QED) is 0.402. The zero-order valence-electron chi connectivity index (χ0n) is 15.5. The maximum atomic E-state index is 13.0. The number of nitrogens with one attached hydrogen (secondary N) is 1. The number of nitrogens with zero attached hydrogens (tertiary/aromatic N) is 5. The van der Waals surface area contributed by atoms with E-state index < -0.39 is 11.0 Å². The second-order valence-corrected chi connectivity index (χ2v) is 7.81. The van der Waals surface area contributed by atoms with Crippen LogP contribution in [0.3, 0.4) is 0 Å². The Morgan fingerprint density at radius 2 is 1.96 bits per heavy atom. The Kier molecular flexibility index (Phi) is 4.11. The van der Waals surface area contributed by atoms with Crippen molar-refractivity contribution in [1.29, 1.82) is 0 Å². The van der Waals surface area contributed by atoms with E-state index in [9.17, 15) is 9.90 Å². The first kappa shape index (κ1) is 18.1. The van der Waals surface area contributed by atoms with Gasteiger partial charge in [-0.15, -0.1) is 5.10 Å². The minimum atomic E-state index is -0.518. The van der Waals surface area contributed by atoms with Gasteiger partial charge in [0.2, 0.25) is 4.77 Å². The van der Waals surface area contributed by atoms with E-state index in [0.717, 1.165) is 15.4 Å². The number of phenols is 1. The summed E-state index contributed by atoms with van der Waals surface area (Å²) in [6.07, 6.45) is 1.45. The van der Waals surface area contributed by atoms with Gasteiger partial charge in [0.25, 0.3) is 11.3 Å². The zero-order valence-corrected chi connectivity index (χ0v) is 16.4. The van der Waals surface area contributed by atoms with Crippen LogP contribution in [0.4, 0.5) is 0 Å². The number of benzene rings is 2. The summed E-state index contributed by atoms with van der Waals surface area (Å²) in [5.41, 5.74) is -0.107. The van der Waals surface area contributed by atoms with Crippen LogP contribution in [0.2, 0.25) is 0 Å². The summed E-state index contributed by atoms with van der Waals surface area (Å²) < 4.78 is 2.77. The summed E-state index contributed by atoms with van der Waals surface area (Å²) in [7, 11) is 0. The molecule has 8 nitrogen and oxygen atoms in total. The van der Waals surface area contributed by atoms with Crippen molar-refractivity contribution >= 4 is 35.0 Å². The van der Waals surface area contributed by atoms with E-state index in [2.05, 4.69) is 20.4 Å². The Morgan fingerprint density at radius 1 is 1.21 bits per heavy atom. The Bertz CT molecular complexity index is 1360. The Hall–Kier alpha value is -3.33. The number of aromatic nitrogens is 5. The van der Waals surface area contributed by atoms with Crippen molar-refractivity contribution in [2.45, 2.75) is 26.2 Å². The molecule has 0 aliphatic carbocycles. The molecule has 0 saturated heterocycles. The summed E-state index contributed by atoms with van der Waals surface area (Å²) in [4.78, 5) is 13.0. The first-order valence-corrected chi connectivity index (χ1v) is 9.04. The summed E-state index contributed by atoms with van der Waals surface area (Å²) in [5.74, 6) is 0.231. The smallest absolute Gasteiger partial charge is 0.298 e. The molecule has 0 unspecified atom stereocenters. The van der Waals surface area contributed by atoms with Crippen LogP contribution >= 0.6 is 12.2 Å². The van der Waals surface area contributed by atoms with Crippen LogP contribution in [0.1, 0.15) is 32.0 Å². The van der Waals surface area contributed by atoms with Gasteiger partial charge in [-0.2, -0.15) is 19.4 Å². The van der Waals surface area contributed by atoms with Crippen molar-refractivity contribution < 1.29 is 5.11 Å². The van der Waals surface area contributed by atoms with Gasteiger partial charge in [-0.3, -0.25) is 4.79 Å². The van der Waals surface area contributed by atoms with E-state index in [-0.39, 0.29) is 16.3 Å². The summed E-state index contributed by atoms with van der Waals surface area (Å²) in [5, 5.41) is 27.5. The number of H-pyrrole nitrogens is 1. The summed E-state index contributed by atoms with van der Waals surface area (Å²) >= 11 is 5.21.